The minimum atomic E-state index is 0.302. The summed E-state index contributed by atoms with van der Waals surface area (Å²) in [5.74, 6) is 5.61. The SMILES string of the molecule is CCCCCCCC(NN)c1sccc1Br. The quantitative estimate of drug-likeness (QED) is 0.425. The second kappa shape index (κ2) is 8.23. The first-order chi connectivity index (χ1) is 7.79. The van der Waals surface area contributed by atoms with E-state index in [0.717, 1.165) is 6.42 Å². The van der Waals surface area contributed by atoms with Crippen LogP contribution in [0.25, 0.3) is 0 Å². The first kappa shape index (κ1) is 14.2. The zero-order valence-corrected chi connectivity index (χ0v) is 12.2. The second-order valence-electron chi connectivity index (χ2n) is 4.05. The van der Waals surface area contributed by atoms with Crippen molar-refractivity contribution in [2.75, 3.05) is 0 Å². The zero-order valence-electron chi connectivity index (χ0n) is 9.84. The van der Waals surface area contributed by atoms with Gasteiger partial charge in [-0.15, -0.1) is 11.3 Å². The van der Waals surface area contributed by atoms with Gasteiger partial charge < -0.3 is 0 Å². The highest BCUT2D eigenvalue weighted by atomic mass is 79.9. The van der Waals surface area contributed by atoms with Gasteiger partial charge in [0.15, 0.2) is 0 Å². The lowest BCUT2D eigenvalue weighted by atomic mass is 10.1. The third-order valence-electron chi connectivity index (χ3n) is 2.76. The highest BCUT2D eigenvalue weighted by Crippen LogP contribution is 2.31. The van der Waals surface area contributed by atoms with E-state index in [1.807, 2.05) is 0 Å². The number of hydrazine groups is 1. The summed E-state index contributed by atoms with van der Waals surface area (Å²) < 4.78 is 1.18. The number of hydrogen-bond acceptors (Lipinski definition) is 3. The molecule has 0 saturated heterocycles. The molecule has 0 aliphatic rings. The third kappa shape index (κ3) is 4.53. The maximum atomic E-state index is 5.61. The summed E-state index contributed by atoms with van der Waals surface area (Å²) in [7, 11) is 0. The van der Waals surface area contributed by atoms with Crippen LogP contribution in [-0.2, 0) is 0 Å². The lowest BCUT2D eigenvalue weighted by molar-refractivity contribution is 0.483. The molecule has 0 fully saturated rings. The summed E-state index contributed by atoms with van der Waals surface area (Å²) in [4.78, 5) is 1.32. The van der Waals surface area contributed by atoms with Crippen LogP contribution in [0.2, 0.25) is 0 Å². The van der Waals surface area contributed by atoms with Gasteiger partial charge in [-0.3, -0.25) is 11.3 Å². The zero-order chi connectivity index (χ0) is 11.8. The molecule has 0 aliphatic carbocycles. The Kier molecular flexibility index (Phi) is 7.28. The Morgan fingerprint density at radius 3 is 2.69 bits per heavy atom. The van der Waals surface area contributed by atoms with Gasteiger partial charge >= 0.3 is 0 Å². The number of thiophene rings is 1. The van der Waals surface area contributed by atoms with Gasteiger partial charge in [-0.05, 0) is 33.8 Å². The third-order valence-corrected chi connectivity index (χ3v) is 4.74. The van der Waals surface area contributed by atoms with Gasteiger partial charge in [0.2, 0.25) is 0 Å². The Labute approximate surface area is 111 Å². The molecule has 16 heavy (non-hydrogen) atoms. The second-order valence-corrected chi connectivity index (χ2v) is 5.86. The maximum absolute atomic E-state index is 5.61. The molecule has 0 aliphatic heterocycles. The van der Waals surface area contributed by atoms with Crippen molar-refractivity contribution in [3.63, 3.8) is 0 Å². The first-order valence-corrected chi connectivity index (χ1v) is 7.65. The van der Waals surface area contributed by atoms with E-state index in [2.05, 4.69) is 39.7 Å². The molecule has 1 aromatic rings. The van der Waals surface area contributed by atoms with Gasteiger partial charge in [-0.25, -0.2) is 0 Å². The Hall–Kier alpha value is 0.100. The fourth-order valence-corrected chi connectivity index (χ4v) is 3.54. The van der Waals surface area contributed by atoms with Crippen LogP contribution in [0.4, 0.5) is 0 Å². The molecule has 1 unspecified atom stereocenters. The van der Waals surface area contributed by atoms with E-state index in [1.165, 1.54) is 41.5 Å². The molecule has 1 heterocycles. The first-order valence-electron chi connectivity index (χ1n) is 5.98. The standard InChI is InChI=1S/C12H21BrN2S/c1-2-3-4-5-6-7-11(15-14)12-10(13)8-9-16-12/h8-9,11,15H,2-7,14H2,1H3. The minimum absolute atomic E-state index is 0.302. The van der Waals surface area contributed by atoms with Gasteiger partial charge in [0, 0.05) is 9.35 Å². The monoisotopic (exact) mass is 304 g/mol. The topological polar surface area (TPSA) is 38.0 Å². The van der Waals surface area contributed by atoms with Gasteiger partial charge in [0.1, 0.15) is 0 Å². The molecule has 3 N–H and O–H groups in total. The number of halogens is 1. The number of nitrogens with one attached hydrogen (secondary N) is 1. The summed E-state index contributed by atoms with van der Waals surface area (Å²) in [6.45, 7) is 2.24. The highest BCUT2D eigenvalue weighted by molar-refractivity contribution is 9.10. The van der Waals surface area contributed by atoms with Crippen LogP contribution in [0, 0.1) is 0 Å². The van der Waals surface area contributed by atoms with Crippen molar-refractivity contribution in [1.82, 2.24) is 5.43 Å². The smallest absolute Gasteiger partial charge is 0.0564 e. The average Bonchev–Trinajstić information content (AvgIpc) is 2.70. The van der Waals surface area contributed by atoms with Gasteiger partial charge in [-0.1, -0.05) is 39.0 Å². The lowest BCUT2D eigenvalue weighted by Crippen LogP contribution is -2.27. The molecular formula is C12H21BrN2S. The van der Waals surface area contributed by atoms with Crippen LogP contribution in [-0.4, -0.2) is 0 Å². The van der Waals surface area contributed by atoms with E-state index in [9.17, 15) is 0 Å². The molecule has 2 nitrogen and oxygen atoms in total. The molecule has 0 aromatic carbocycles. The molecule has 1 rings (SSSR count). The van der Waals surface area contributed by atoms with Crippen LogP contribution < -0.4 is 11.3 Å². The minimum Gasteiger partial charge on any atom is -0.271 e. The van der Waals surface area contributed by atoms with Crippen molar-refractivity contribution in [2.45, 2.75) is 51.5 Å². The molecular weight excluding hydrogens is 284 g/mol. The molecule has 0 saturated carbocycles. The summed E-state index contributed by atoms with van der Waals surface area (Å²) in [6, 6.07) is 2.39. The average molecular weight is 305 g/mol. The fraction of sp³-hybridized carbons (Fsp3) is 0.667. The summed E-state index contributed by atoms with van der Waals surface area (Å²) in [5.41, 5.74) is 2.92. The van der Waals surface area contributed by atoms with Crippen molar-refractivity contribution < 1.29 is 0 Å². The Morgan fingerprint density at radius 1 is 1.38 bits per heavy atom. The number of hydrogen-bond donors (Lipinski definition) is 2. The lowest BCUT2D eigenvalue weighted by Gasteiger charge is -2.14. The van der Waals surface area contributed by atoms with Crippen molar-refractivity contribution >= 4 is 27.3 Å². The Bertz CT molecular complexity index is 288. The van der Waals surface area contributed by atoms with E-state index >= 15 is 0 Å². The van der Waals surface area contributed by atoms with Crippen molar-refractivity contribution in [3.8, 4) is 0 Å². The van der Waals surface area contributed by atoms with Crippen LogP contribution in [0.3, 0.4) is 0 Å². The van der Waals surface area contributed by atoms with Gasteiger partial charge in [-0.2, -0.15) is 0 Å². The maximum Gasteiger partial charge on any atom is 0.0564 e. The number of rotatable bonds is 8. The van der Waals surface area contributed by atoms with Crippen molar-refractivity contribution in [1.29, 1.82) is 0 Å². The van der Waals surface area contributed by atoms with E-state index in [-0.39, 0.29) is 0 Å². The molecule has 0 bridgehead atoms. The van der Waals surface area contributed by atoms with Crippen molar-refractivity contribution in [3.05, 3.63) is 20.8 Å². The van der Waals surface area contributed by atoms with Gasteiger partial charge in [0.25, 0.3) is 0 Å². The Morgan fingerprint density at radius 2 is 2.12 bits per heavy atom. The van der Waals surface area contributed by atoms with Gasteiger partial charge in [0.05, 0.1) is 6.04 Å². The molecule has 4 heteroatoms. The number of nitrogens with two attached hydrogens (primary N) is 1. The predicted octanol–water partition coefficient (Wildman–Crippen LogP) is 4.38. The van der Waals surface area contributed by atoms with E-state index < -0.39 is 0 Å². The van der Waals surface area contributed by atoms with E-state index in [4.69, 9.17) is 5.84 Å². The van der Waals surface area contributed by atoms with Crippen LogP contribution in [0.15, 0.2) is 15.9 Å². The van der Waals surface area contributed by atoms with Crippen molar-refractivity contribution in [2.24, 2.45) is 5.84 Å². The van der Waals surface area contributed by atoms with Crippen LogP contribution in [0.1, 0.15) is 56.4 Å². The predicted molar refractivity (Wildman–Crippen MR) is 75.5 cm³/mol. The normalized spacial score (nSPS) is 12.9. The number of unbranched alkanes of at least 4 members (excludes halogenated alkanes) is 4. The molecule has 0 amide bonds. The summed E-state index contributed by atoms with van der Waals surface area (Å²) >= 11 is 5.32. The molecule has 0 radical (unpaired) electrons. The molecule has 0 spiro atoms. The summed E-state index contributed by atoms with van der Waals surface area (Å²) in [6.07, 6.45) is 7.69. The highest BCUT2D eigenvalue weighted by Gasteiger charge is 2.13. The van der Waals surface area contributed by atoms with Crippen LogP contribution in [0.5, 0.6) is 0 Å². The molecule has 1 aromatic heterocycles. The van der Waals surface area contributed by atoms with E-state index in [0.29, 0.717) is 6.04 Å². The fourth-order valence-electron chi connectivity index (χ4n) is 1.80. The summed E-state index contributed by atoms with van der Waals surface area (Å²) in [5, 5.41) is 2.10. The molecule has 92 valence electrons. The van der Waals surface area contributed by atoms with E-state index in [1.54, 1.807) is 11.3 Å². The van der Waals surface area contributed by atoms with Crippen LogP contribution >= 0.6 is 27.3 Å². The largest absolute Gasteiger partial charge is 0.271 e. The Balaban J connectivity index is 2.30. The molecule has 1 atom stereocenters.